The molecule has 0 aliphatic carbocycles. The van der Waals surface area contributed by atoms with Gasteiger partial charge in [0.1, 0.15) is 0 Å². The van der Waals surface area contributed by atoms with Crippen molar-refractivity contribution in [3.8, 4) is 0 Å². The van der Waals surface area contributed by atoms with E-state index in [1.165, 1.54) is 5.01 Å². The van der Waals surface area contributed by atoms with Gasteiger partial charge in [0.15, 0.2) is 5.43 Å². The van der Waals surface area contributed by atoms with Crippen molar-refractivity contribution < 1.29 is 0 Å². The van der Waals surface area contributed by atoms with Crippen LogP contribution in [-0.2, 0) is 13.0 Å². The van der Waals surface area contributed by atoms with Crippen molar-refractivity contribution in [3.63, 3.8) is 0 Å². The van der Waals surface area contributed by atoms with E-state index >= 15 is 0 Å². The van der Waals surface area contributed by atoms with Crippen molar-refractivity contribution in [2.45, 2.75) is 26.3 Å². The average Bonchev–Trinajstić information content (AvgIpc) is 2.90. The lowest BCUT2D eigenvalue weighted by atomic mass is 10.2. The first kappa shape index (κ1) is 13.1. The van der Waals surface area contributed by atoms with Crippen molar-refractivity contribution in [1.82, 2.24) is 9.55 Å². The molecule has 1 aromatic carbocycles. The van der Waals surface area contributed by atoms with E-state index in [0.717, 1.165) is 29.4 Å². The molecule has 3 rings (SSSR count). The molecule has 0 amide bonds. The first-order valence-electron chi connectivity index (χ1n) is 6.79. The van der Waals surface area contributed by atoms with Gasteiger partial charge in [-0.05, 0) is 25.0 Å². The predicted octanol–water partition coefficient (Wildman–Crippen LogP) is 3.46. The molecular weight excluding hydrogens is 268 g/mol. The van der Waals surface area contributed by atoms with Crippen LogP contribution in [0.15, 0.2) is 46.7 Å². The van der Waals surface area contributed by atoms with Gasteiger partial charge >= 0.3 is 0 Å². The van der Waals surface area contributed by atoms with Crippen LogP contribution in [0, 0.1) is 0 Å². The van der Waals surface area contributed by atoms with Crippen LogP contribution in [0.1, 0.15) is 24.0 Å². The number of para-hydroxylation sites is 1. The van der Waals surface area contributed by atoms with Crippen LogP contribution >= 0.6 is 11.3 Å². The molecule has 0 atom stereocenters. The highest BCUT2D eigenvalue weighted by molar-refractivity contribution is 7.09. The molecule has 3 nitrogen and oxygen atoms in total. The van der Waals surface area contributed by atoms with Gasteiger partial charge in [-0.2, -0.15) is 0 Å². The normalized spacial score (nSPS) is 11.1. The van der Waals surface area contributed by atoms with Crippen LogP contribution in [-0.4, -0.2) is 9.55 Å². The SMILES string of the molecule is CCCc1nc(Cn2ccc(=O)c3ccccc32)cs1. The number of fused-ring (bicyclic) bond motifs is 1. The predicted molar refractivity (Wildman–Crippen MR) is 83.4 cm³/mol. The maximum atomic E-state index is 11.8. The van der Waals surface area contributed by atoms with E-state index in [4.69, 9.17) is 0 Å². The fourth-order valence-corrected chi connectivity index (χ4v) is 3.21. The minimum absolute atomic E-state index is 0.0711. The maximum absolute atomic E-state index is 11.8. The molecule has 0 saturated heterocycles. The Morgan fingerprint density at radius 3 is 2.95 bits per heavy atom. The van der Waals surface area contributed by atoms with E-state index in [1.54, 1.807) is 17.4 Å². The van der Waals surface area contributed by atoms with Crippen LogP contribution < -0.4 is 5.43 Å². The molecule has 2 heterocycles. The lowest BCUT2D eigenvalue weighted by molar-refractivity contribution is 0.793. The zero-order chi connectivity index (χ0) is 13.9. The van der Waals surface area contributed by atoms with Gasteiger partial charge in [0.25, 0.3) is 0 Å². The fourth-order valence-electron chi connectivity index (χ4n) is 2.32. The lowest BCUT2D eigenvalue weighted by Gasteiger charge is -2.08. The van der Waals surface area contributed by atoms with Gasteiger partial charge in [-0.15, -0.1) is 11.3 Å². The second kappa shape index (κ2) is 5.59. The molecule has 0 fully saturated rings. The molecule has 3 aromatic rings. The standard InChI is InChI=1S/C16H16N2OS/c1-2-5-16-17-12(11-20-16)10-18-9-8-15(19)13-6-3-4-7-14(13)18/h3-4,6-9,11H,2,5,10H2,1H3. The van der Waals surface area contributed by atoms with Crippen LogP contribution in [0.5, 0.6) is 0 Å². The zero-order valence-electron chi connectivity index (χ0n) is 11.4. The number of hydrogen-bond acceptors (Lipinski definition) is 3. The van der Waals surface area contributed by atoms with E-state index in [0.29, 0.717) is 6.54 Å². The molecule has 20 heavy (non-hydrogen) atoms. The number of nitrogens with zero attached hydrogens (tertiary/aromatic N) is 2. The second-order valence-electron chi connectivity index (χ2n) is 4.81. The summed E-state index contributed by atoms with van der Waals surface area (Å²) in [6, 6.07) is 9.34. The molecule has 0 radical (unpaired) electrons. The highest BCUT2D eigenvalue weighted by Gasteiger charge is 2.05. The summed E-state index contributed by atoms with van der Waals surface area (Å²) in [5.74, 6) is 0. The van der Waals surface area contributed by atoms with Crippen molar-refractivity contribution >= 4 is 22.2 Å². The van der Waals surface area contributed by atoms with Gasteiger partial charge in [-0.25, -0.2) is 4.98 Å². The Morgan fingerprint density at radius 1 is 1.25 bits per heavy atom. The van der Waals surface area contributed by atoms with E-state index in [1.807, 2.05) is 30.5 Å². The van der Waals surface area contributed by atoms with Crippen molar-refractivity contribution in [2.75, 3.05) is 0 Å². The Labute approximate surface area is 121 Å². The topological polar surface area (TPSA) is 34.9 Å². The van der Waals surface area contributed by atoms with Gasteiger partial charge < -0.3 is 4.57 Å². The Kier molecular flexibility index (Phi) is 3.65. The average molecular weight is 284 g/mol. The minimum Gasteiger partial charge on any atom is -0.341 e. The van der Waals surface area contributed by atoms with E-state index in [2.05, 4.69) is 21.9 Å². The van der Waals surface area contributed by atoms with Gasteiger partial charge in [0.05, 0.1) is 22.8 Å². The second-order valence-corrected chi connectivity index (χ2v) is 5.75. The molecule has 102 valence electrons. The number of pyridine rings is 1. The van der Waals surface area contributed by atoms with Crippen LogP contribution in [0.25, 0.3) is 10.9 Å². The quantitative estimate of drug-likeness (QED) is 0.735. The van der Waals surface area contributed by atoms with Crippen LogP contribution in [0.2, 0.25) is 0 Å². The summed E-state index contributed by atoms with van der Waals surface area (Å²) in [6.45, 7) is 2.87. The summed E-state index contributed by atoms with van der Waals surface area (Å²) < 4.78 is 2.08. The van der Waals surface area contributed by atoms with Crippen molar-refractivity contribution in [1.29, 1.82) is 0 Å². The highest BCUT2D eigenvalue weighted by Crippen LogP contribution is 2.15. The molecule has 4 heteroatoms. The first-order valence-corrected chi connectivity index (χ1v) is 7.67. The van der Waals surface area contributed by atoms with Crippen molar-refractivity contribution in [3.05, 3.63) is 62.8 Å². The van der Waals surface area contributed by atoms with Crippen LogP contribution in [0.4, 0.5) is 0 Å². The number of rotatable bonds is 4. The molecular formula is C16H16N2OS. The minimum atomic E-state index is 0.0711. The lowest BCUT2D eigenvalue weighted by Crippen LogP contribution is -2.08. The fraction of sp³-hybridized carbons (Fsp3) is 0.250. The third-order valence-electron chi connectivity index (χ3n) is 3.28. The summed E-state index contributed by atoms with van der Waals surface area (Å²) in [4.78, 5) is 16.5. The third-order valence-corrected chi connectivity index (χ3v) is 4.24. The molecule has 0 spiro atoms. The number of hydrogen-bond donors (Lipinski definition) is 0. The van der Waals surface area contributed by atoms with Gasteiger partial charge in [0, 0.05) is 23.0 Å². The molecule has 0 bridgehead atoms. The van der Waals surface area contributed by atoms with Crippen molar-refractivity contribution in [2.24, 2.45) is 0 Å². The largest absolute Gasteiger partial charge is 0.341 e. The van der Waals surface area contributed by atoms with E-state index in [9.17, 15) is 4.79 Å². The van der Waals surface area contributed by atoms with Gasteiger partial charge in [-0.1, -0.05) is 19.1 Å². The first-order chi connectivity index (χ1) is 9.78. The highest BCUT2D eigenvalue weighted by atomic mass is 32.1. The molecule has 0 saturated carbocycles. The van der Waals surface area contributed by atoms with E-state index < -0.39 is 0 Å². The monoisotopic (exact) mass is 284 g/mol. The van der Waals surface area contributed by atoms with E-state index in [-0.39, 0.29) is 5.43 Å². The number of aryl methyl sites for hydroxylation is 1. The Balaban J connectivity index is 1.98. The maximum Gasteiger partial charge on any atom is 0.189 e. The Morgan fingerprint density at radius 2 is 2.10 bits per heavy atom. The number of aromatic nitrogens is 2. The zero-order valence-corrected chi connectivity index (χ0v) is 12.2. The molecule has 2 aromatic heterocycles. The summed E-state index contributed by atoms with van der Waals surface area (Å²) in [5.41, 5.74) is 2.10. The molecule has 0 aliphatic rings. The summed E-state index contributed by atoms with van der Waals surface area (Å²) in [6.07, 6.45) is 4.01. The summed E-state index contributed by atoms with van der Waals surface area (Å²) >= 11 is 1.72. The Bertz CT molecular complexity index is 788. The Hall–Kier alpha value is -1.94. The van der Waals surface area contributed by atoms with Gasteiger partial charge in [0.2, 0.25) is 0 Å². The smallest absolute Gasteiger partial charge is 0.189 e. The molecule has 0 aliphatic heterocycles. The molecule has 0 unspecified atom stereocenters. The number of benzene rings is 1. The van der Waals surface area contributed by atoms with Crippen LogP contribution in [0.3, 0.4) is 0 Å². The third kappa shape index (κ3) is 2.51. The summed E-state index contributed by atoms with van der Waals surface area (Å²) in [7, 11) is 0. The number of thiazole rings is 1. The van der Waals surface area contributed by atoms with Gasteiger partial charge in [-0.3, -0.25) is 4.79 Å². The summed E-state index contributed by atoms with van der Waals surface area (Å²) in [5, 5.41) is 4.06. The molecule has 0 N–H and O–H groups in total.